The highest BCUT2D eigenvalue weighted by Gasteiger charge is 2.16. The summed E-state index contributed by atoms with van der Waals surface area (Å²) in [4.78, 5) is 13.1. The van der Waals surface area contributed by atoms with Gasteiger partial charge in [-0.15, -0.1) is 0 Å². The summed E-state index contributed by atoms with van der Waals surface area (Å²) in [6, 6.07) is 5.07. The highest BCUT2D eigenvalue weighted by atomic mass is 35.5. The molecule has 0 radical (unpaired) electrons. The Morgan fingerprint density at radius 1 is 1.32 bits per heavy atom. The molecule has 1 aromatic carbocycles. The molecule has 6 heteroatoms. The SMILES string of the molecule is C[NH+](C)CCCOC(=O)c1ccc2c(c1)OCO2.[Cl-]. The van der Waals surface area contributed by atoms with E-state index >= 15 is 0 Å². The van der Waals surface area contributed by atoms with Crippen molar-refractivity contribution in [1.29, 1.82) is 0 Å². The quantitative estimate of drug-likeness (QED) is 0.467. The minimum Gasteiger partial charge on any atom is -1.00 e. The van der Waals surface area contributed by atoms with Crippen molar-refractivity contribution in [3.63, 3.8) is 0 Å². The Kier molecular flexibility index (Phi) is 5.92. The zero-order valence-corrected chi connectivity index (χ0v) is 11.8. The highest BCUT2D eigenvalue weighted by molar-refractivity contribution is 5.90. The van der Waals surface area contributed by atoms with Crippen molar-refractivity contribution in [2.75, 3.05) is 34.0 Å². The number of rotatable bonds is 5. The molecule has 0 atom stereocenters. The first-order chi connectivity index (χ1) is 8.66. The predicted octanol–water partition coefficient (Wildman–Crippen LogP) is -2.89. The molecule has 0 unspecified atom stereocenters. The van der Waals surface area contributed by atoms with Crippen molar-refractivity contribution >= 4 is 5.97 Å². The van der Waals surface area contributed by atoms with Crippen LogP contribution in [0.1, 0.15) is 16.8 Å². The molecule has 1 aromatic rings. The van der Waals surface area contributed by atoms with Crippen LogP contribution in [0.3, 0.4) is 0 Å². The topological polar surface area (TPSA) is 49.2 Å². The average Bonchev–Trinajstić information content (AvgIpc) is 2.81. The van der Waals surface area contributed by atoms with Gasteiger partial charge in [-0.2, -0.15) is 0 Å². The average molecular weight is 288 g/mol. The molecule has 106 valence electrons. The Balaban J connectivity index is 0.00000180. The van der Waals surface area contributed by atoms with Crippen molar-refractivity contribution in [3.8, 4) is 11.5 Å². The van der Waals surface area contributed by atoms with Gasteiger partial charge in [0.25, 0.3) is 0 Å². The van der Waals surface area contributed by atoms with Crippen LogP contribution in [-0.2, 0) is 4.74 Å². The van der Waals surface area contributed by atoms with Gasteiger partial charge in [-0.05, 0) is 18.2 Å². The van der Waals surface area contributed by atoms with Crippen molar-refractivity contribution in [2.45, 2.75) is 6.42 Å². The highest BCUT2D eigenvalue weighted by Crippen LogP contribution is 2.32. The number of halogens is 1. The number of esters is 1. The van der Waals surface area contributed by atoms with E-state index in [2.05, 4.69) is 14.1 Å². The number of benzene rings is 1. The van der Waals surface area contributed by atoms with E-state index < -0.39 is 0 Å². The van der Waals surface area contributed by atoms with Gasteiger partial charge in [-0.3, -0.25) is 0 Å². The second-order valence-electron chi connectivity index (χ2n) is 4.51. The summed E-state index contributed by atoms with van der Waals surface area (Å²) in [6.45, 7) is 1.63. The van der Waals surface area contributed by atoms with Crippen molar-refractivity contribution in [2.24, 2.45) is 0 Å². The molecule has 19 heavy (non-hydrogen) atoms. The van der Waals surface area contributed by atoms with Gasteiger partial charge in [0.1, 0.15) is 0 Å². The Labute approximate surface area is 118 Å². The number of hydrogen-bond donors (Lipinski definition) is 1. The molecule has 0 spiro atoms. The van der Waals surface area contributed by atoms with Gasteiger partial charge in [0.15, 0.2) is 11.5 Å². The van der Waals surface area contributed by atoms with Crippen LogP contribution in [0.4, 0.5) is 0 Å². The fraction of sp³-hybridized carbons (Fsp3) is 0.462. The number of carbonyl (C=O) groups excluding carboxylic acids is 1. The zero-order chi connectivity index (χ0) is 13.0. The van der Waals surface area contributed by atoms with E-state index in [0.717, 1.165) is 13.0 Å². The van der Waals surface area contributed by atoms with E-state index in [-0.39, 0.29) is 25.2 Å². The zero-order valence-electron chi connectivity index (χ0n) is 11.1. The van der Waals surface area contributed by atoms with Crippen molar-refractivity contribution in [1.82, 2.24) is 0 Å². The first-order valence-corrected chi connectivity index (χ1v) is 6.02. The maximum atomic E-state index is 11.8. The summed E-state index contributed by atoms with van der Waals surface area (Å²) in [5.41, 5.74) is 0.497. The largest absolute Gasteiger partial charge is 1.00 e. The van der Waals surface area contributed by atoms with E-state index in [0.29, 0.717) is 23.7 Å². The Hall–Kier alpha value is -1.46. The van der Waals surface area contributed by atoms with Crippen LogP contribution < -0.4 is 26.8 Å². The lowest BCUT2D eigenvalue weighted by Crippen LogP contribution is -3.05. The van der Waals surface area contributed by atoms with Crippen molar-refractivity contribution < 1.29 is 36.3 Å². The molecular weight excluding hydrogens is 270 g/mol. The molecule has 0 saturated heterocycles. The number of nitrogens with one attached hydrogen (secondary N) is 1. The van der Waals surface area contributed by atoms with Crippen LogP contribution in [0.2, 0.25) is 0 Å². The van der Waals surface area contributed by atoms with Gasteiger partial charge in [0.05, 0.1) is 32.8 Å². The third-order valence-electron chi connectivity index (χ3n) is 2.66. The third-order valence-corrected chi connectivity index (χ3v) is 2.66. The Morgan fingerprint density at radius 2 is 2.05 bits per heavy atom. The van der Waals surface area contributed by atoms with Crippen LogP contribution in [0.15, 0.2) is 18.2 Å². The number of hydrogen-bond acceptors (Lipinski definition) is 4. The summed E-state index contributed by atoms with van der Waals surface area (Å²) >= 11 is 0. The van der Waals surface area contributed by atoms with Gasteiger partial charge in [-0.25, -0.2) is 4.79 Å². The molecule has 2 rings (SSSR count). The van der Waals surface area contributed by atoms with Crippen molar-refractivity contribution in [3.05, 3.63) is 23.8 Å². The molecule has 5 nitrogen and oxygen atoms in total. The lowest BCUT2D eigenvalue weighted by Gasteiger charge is -2.08. The van der Waals surface area contributed by atoms with Crippen LogP contribution in [-0.4, -0.2) is 40.0 Å². The van der Waals surface area contributed by atoms with E-state index in [9.17, 15) is 4.79 Å². The molecule has 1 aliphatic rings. The number of quaternary nitrogens is 1. The Morgan fingerprint density at radius 3 is 2.79 bits per heavy atom. The lowest BCUT2D eigenvalue weighted by molar-refractivity contribution is -0.858. The van der Waals surface area contributed by atoms with Gasteiger partial charge in [0.2, 0.25) is 6.79 Å². The molecule has 0 fully saturated rings. The smallest absolute Gasteiger partial charge is 0.338 e. The second kappa shape index (κ2) is 7.21. The summed E-state index contributed by atoms with van der Waals surface area (Å²) in [7, 11) is 4.14. The van der Waals surface area contributed by atoms with Crippen LogP contribution >= 0.6 is 0 Å². The molecule has 0 aromatic heterocycles. The van der Waals surface area contributed by atoms with Gasteiger partial charge >= 0.3 is 5.97 Å². The van der Waals surface area contributed by atoms with Gasteiger partial charge in [0, 0.05) is 6.42 Å². The monoisotopic (exact) mass is 287 g/mol. The molecule has 0 saturated carbocycles. The molecule has 0 aliphatic carbocycles. The molecule has 0 amide bonds. The fourth-order valence-corrected chi connectivity index (χ4v) is 1.70. The molecular formula is C13H18ClNO4. The maximum absolute atomic E-state index is 11.8. The second-order valence-corrected chi connectivity index (χ2v) is 4.51. The Bertz CT molecular complexity index is 437. The van der Waals surface area contributed by atoms with E-state index in [1.54, 1.807) is 18.2 Å². The lowest BCUT2D eigenvalue weighted by atomic mass is 10.2. The van der Waals surface area contributed by atoms with E-state index in [1.807, 2.05) is 0 Å². The van der Waals surface area contributed by atoms with E-state index in [1.165, 1.54) is 4.90 Å². The number of carbonyl (C=O) groups is 1. The normalized spacial score (nSPS) is 12.2. The van der Waals surface area contributed by atoms with Gasteiger partial charge in [-0.1, -0.05) is 0 Å². The summed E-state index contributed by atoms with van der Waals surface area (Å²) < 4.78 is 15.6. The van der Waals surface area contributed by atoms with Crippen LogP contribution in [0.25, 0.3) is 0 Å². The maximum Gasteiger partial charge on any atom is 0.338 e. The minimum atomic E-state index is -0.318. The first kappa shape index (κ1) is 15.6. The summed E-state index contributed by atoms with van der Waals surface area (Å²) in [6.07, 6.45) is 0.860. The fourth-order valence-electron chi connectivity index (χ4n) is 1.70. The van der Waals surface area contributed by atoms with Crippen LogP contribution in [0.5, 0.6) is 11.5 Å². The molecule has 1 aliphatic heterocycles. The van der Waals surface area contributed by atoms with E-state index in [4.69, 9.17) is 14.2 Å². The summed E-state index contributed by atoms with van der Waals surface area (Å²) in [5.74, 6) is 0.951. The van der Waals surface area contributed by atoms with Crippen LogP contribution in [0, 0.1) is 0 Å². The number of fused-ring (bicyclic) bond motifs is 1. The van der Waals surface area contributed by atoms with Gasteiger partial charge < -0.3 is 31.5 Å². The molecule has 0 bridgehead atoms. The third kappa shape index (κ3) is 4.29. The standard InChI is InChI=1S/C13H17NO4.ClH/c1-14(2)6-3-7-16-13(15)10-4-5-11-12(8-10)18-9-17-11;/h4-5,8H,3,6-7,9H2,1-2H3;1H. The molecule has 1 N–H and O–H groups in total. The summed E-state index contributed by atoms with van der Waals surface area (Å²) in [5, 5.41) is 0. The number of ether oxygens (including phenoxy) is 3. The first-order valence-electron chi connectivity index (χ1n) is 6.02. The molecule has 1 heterocycles. The predicted molar refractivity (Wildman–Crippen MR) is 65.1 cm³/mol. The minimum absolute atomic E-state index is 0.